The number of carbonyl (C=O) groups is 2. The van der Waals surface area contributed by atoms with Crippen molar-refractivity contribution < 1.29 is 19.1 Å². The van der Waals surface area contributed by atoms with Gasteiger partial charge < -0.3 is 9.47 Å². The van der Waals surface area contributed by atoms with Gasteiger partial charge in [-0.2, -0.15) is 0 Å². The Labute approximate surface area is 248 Å². The fourth-order valence-corrected chi connectivity index (χ4v) is 4.52. The molecule has 3 rings (SSSR count). The van der Waals surface area contributed by atoms with E-state index in [-0.39, 0.29) is 0 Å². The summed E-state index contributed by atoms with van der Waals surface area (Å²) in [5.74, 6) is -0.888. The molecule has 0 aliphatic carbocycles. The maximum atomic E-state index is 12.4. The van der Waals surface area contributed by atoms with Crippen molar-refractivity contribution in [1.82, 2.24) is 0 Å². The molecule has 3 aromatic rings. The molecule has 0 aliphatic rings. The molecule has 0 radical (unpaired) electrons. The second kappa shape index (κ2) is 22.3. The van der Waals surface area contributed by atoms with Crippen molar-refractivity contribution >= 4 is 11.9 Å². The van der Waals surface area contributed by atoms with Crippen LogP contribution in [0.2, 0.25) is 0 Å². The molecule has 0 unspecified atom stereocenters. The summed E-state index contributed by atoms with van der Waals surface area (Å²) in [5.41, 5.74) is 3.32. The van der Waals surface area contributed by atoms with E-state index in [1.54, 1.807) is 24.3 Å². The topological polar surface area (TPSA) is 52.6 Å². The van der Waals surface area contributed by atoms with Crippen molar-refractivity contribution in [2.24, 2.45) is 0 Å². The molecular formula is C37H50O4. The third-order valence-electron chi connectivity index (χ3n) is 6.92. The third-order valence-corrected chi connectivity index (χ3v) is 6.92. The van der Waals surface area contributed by atoms with Crippen LogP contribution in [0.3, 0.4) is 0 Å². The molecule has 0 N–H and O–H groups in total. The monoisotopic (exact) mass is 558 g/mol. The average Bonchev–Trinajstić information content (AvgIpc) is 3.01. The molecule has 0 aromatic heterocycles. The number of esters is 2. The van der Waals surface area contributed by atoms with E-state index in [0.29, 0.717) is 24.3 Å². The Morgan fingerprint density at radius 1 is 0.463 bits per heavy atom. The normalized spacial score (nSPS) is 10.4. The molecule has 0 spiro atoms. The summed E-state index contributed by atoms with van der Waals surface area (Å²) in [6.45, 7) is 5.17. The lowest BCUT2D eigenvalue weighted by Crippen LogP contribution is -2.15. The van der Waals surface area contributed by atoms with Crippen LogP contribution in [0.4, 0.5) is 0 Å². The highest BCUT2D eigenvalue weighted by Crippen LogP contribution is 2.14. The van der Waals surface area contributed by atoms with Crippen molar-refractivity contribution in [2.45, 2.75) is 97.3 Å². The standard InChI is InChI=1S/C24H38O4.C13H12/c1-3-5-7-9-11-15-19-27-23(25)21-17-13-14-18-22(21)24(26)28-20-16-12-10-8-6-4-2;1-3-7-12(8-4-1)11-13-9-5-2-6-10-13/h13-14,17-18H,3-12,15-16,19-20H2,1-2H3;1-10H,11H2. The van der Waals surface area contributed by atoms with E-state index in [0.717, 1.165) is 32.1 Å². The van der Waals surface area contributed by atoms with Crippen LogP contribution >= 0.6 is 0 Å². The zero-order valence-electron chi connectivity index (χ0n) is 25.3. The lowest BCUT2D eigenvalue weighted by atomic mass is 10.1. The fraction of sp³-hybridized carbons (Fsp3) is 0.459. The van der Waals surface area contributed by atoms with Gasteiger partial charge in [-0.1, -0.05) is 151 Å². The quantitative estimate of drug-likeness (QED) is 0.115. The molecule has 222 valence electrons. The molecule has 0 atom stereocenters. The van der Waals surface area contributed by atoms with Gasteiger partial charge in [0, 0.05) is 0 Å². The van der Waals surface area contributed by atoms with Crippen molar-refractivity contribution in [3.05, 3.63) is 107 Å². The van der Waals surface area contributed by atoms with Gasteiger partial charge >= 0.3 is 11.9 Å². The zero-order chi connectivity index (χ0) is 29.4. The molecular weight excluding hydrogens is 508 g/mol. The van der Waals surface area contributed by atoms with E-state index < -0.39 is 11.9 Å². The lowest BCUT2D eigenvalue weighted by molar-refractivity contribution is 0.0450. The fourth-order valence-electron chi connectivity index (χ4n) is 4.52. The molecule has 0 amide bonds. The van der Waals surface area contributed by atoms with E-state index in [4.69, 9.17) is 9.47 Å². The smallest absolute Gasteiger partial charge is 0.339 e. The molecule has 0 fully saturated rings. The number of ether oxygens (including phenoxy) is 2. The molecule has 41 heavy (non-hydrogen) atoms. The number of hydrogen-bond donors (Lipinski definition) is 0. The number of unbranched alkanes of at least 4 members (excludes halogenated alkanes) is 10. The van der Waals surface area contributed by atoms with Crippen LogP contribution in [0.25, 0.3) is 0 Å². The van der Waals surface area contributed by atoms with Crippen molar-refractivity contribution in [3.8, 4) is 0 Å². The molecule has 4 heteroatoms. The van der Waals surface area contributed by atoms with E-state index >= 15 is 0 Å². The van der Waals surface area contributed by atoms with Crippen LogP contribution in [0, 0.1) is 0 Å². The molecule has 3 aromatic carbocycles. The summed E-state index contributed by atoms with van der Waals surface area (Å²) < 4.78 is 10.7. The highest BCUT2D eigenvalue weighted by atomic mass is 16.5. The number of carbonyl (C=O) groups excluding carboxylic acids is 2. The third kappa shape index (κ3) is 15.3. The largest absolute Gasteiger partial charge is 0.462 e. The van der Waals surface area contributed by atoms with Gasteiger partial charge in [-0.25, -0.2) is 9.59 Å². The Morgan fingerprint density at radius 3 is 1.20 bits per heavy atom. The minimum Gasteiger partial charge on any atom is -0.462 e. The van der Waals surface area contributed by atoms with Gasteiger partial charge in [0.25, 0.3) is 0 Å². The Kier molecular flexibility index (Phi) is 18.4. The zero-order valence-corrected chi connectivity index (χ0v) is 25.3. The maximum Gasteiger partial charge on any atom is 0.339 e. The predicted octanol–water partition coefficient (Wildman–Crippen LogP) is 10.00. The number of hydrogen-bond acceptors (Lipinski definition) is 4. The van der Waals surface area contributed by atoms with Gasteiger partial charge in [-0.3, -0.25) is 0 Å². The van der Waals surface area contributed by atoms with Crippen molar-refractivity contribution in [2.75, 3.05) is 13.2 Å². The Hall–Kier alpha value is -3.40. The van der Waals surface area contributed by atoms with E-state index in [1.807, 2.05) is 0 Å². The molecule has 0 bridgehead atoms. The Morgan fingerprint density at radius 2 is 0.805 bits per heavy atom. The van der Waals surface area contributed by atoms with Crippen molar-refractivity contribution in [1.29, 1.82) is 0 Å². The summed E-state index contributed by atoms with van der Waals surface area (Å²) >= 11 is 0. The van der Waals surface area contributed by atoms with Crippen LogP contribution in [-0.2, 0) is 15.9 Å². The molecule has 0 saturated heterocycles. The summed E-state index contributed by atoms with van der Waals surface area (Å²) in [5, 5.41) is 0. The lowest BCUT2D eigenvalue weighted by Gasteiger charge is -2.10. The predicted molar refractivity (Wildman–Crippen MR) is 169 cm³/mol. The van der Waals surface area contributed by atoms with E-state index in [9.17, 15) is 9.59 Å². The summed E-state index contributed by atoms with van der Waals surface area (Å²) in [7, 11) is 0. The SMILES string of the molecule is CCCCCCCCOC(=O)c1ccccc1C(=O)OCCCCCCCC.c1ccc(Cc2ccccc2)cc1. The first-order chi connectivity index (χ1) is 20.2. The van der Waals surface area contributed by atoms with Crippen LogP contribution < -0.4 is 0 Å². The highest BCUT2D eigenvalue weighted by Gasteiger charge is 2.18. The van der Waals surface area contributed by atoms with Gasteiger partial charge in [-0.15, -0.1) is 0 Å². The Balaban J connectivity index is 0.000000372. The van der Waals surface area contributed by atoms with E-state index in [2.05, 4.69) is 74.5 Å². The first-order valence-electron chi connectivity index (χ1n) is 15.7. The van der Waals surface area contributed by atoms with Gasteiger partial charge in [0.15, 0.2) is 0 Å². The second-order valence-corrected chi connectivity index (χ2v) is 10.5. The minimum atomic E-state index is -0.444. The minimum absolute atomic E-state index is 0.293. The molecule has 0 saturated carbocycles. The molecule has 0 heterocycles. The second-order valence-electron chi connectivity index (χ2n) is 10.5. The van der Waals surface area contributed by atoms with Gasteiger partial charge in [0.05, 0.1) is 24.3 Å². The average molecular weight is 559 g/mol. The number of rotatable bonds is 18. The maximum absolute atomic E-state index is 12.4. The summed E-state index contributed by atoms with van der Waals surface area (Å²) in [6, 6.07) is 27.8. The molecule has 4 nitrogen and oxygen atoms in total. The first-order valence-corrected chi connectivity index (χ1v) is 15.7. The van der Waals surface area contributed by atoms with Crippen LogP contribution in [0.1, 0.15) is 123 Å². The highest BCUT2D eigenvalue weighted by molar-refractivity contribution is 6.03. The van der Waals surface area contributed by atoms with Gasteiger partial charge in [0.2, 0.25) is 0 Å². The summed E-state index contributed by atoms with van der Waals surface area (Å²) in [6.07, 6.45) is 14.7. The van der Waals surface area contributed by atoms with Crippen LogP contribution in [-0.4, -0.2) is 25.2 Å². The summed E-state index contributed by atoms with van der Waals surface area (Å²) in [4.78, 5) is 24.7. The Bertz CT molecular complexity index is 992. The van der Waals surface area contributed by atoms with Crippen molar-refractivity contribution in [3.63, 3.8) is 0 Å². The first kappa shape index (κ1) is 33.8. The van der Waals surface area contributed by atoms with Crippen LogP contribution in [0.5, 0.6) is 0 Å². The van der Waals surface area contributed by atoms with Crippen LogP contribution in [0.15, 0.2) is 84.9 Å². The van der Waals surface area contributed by atoms with E-state index in [1.165, 1.54) is 62.5 Å². The van der Waals surface area contributed by atoms with Gasteiger partial charge in [0.1, 0.15) is 0 Å². The van der Waals surface area contributed by atoms with Gasteiger partial charge in [-0.05, 0) is 42.5 Å². The number of benzene rings is 3. The molecule has 0 aliphatic heterocycles.